The molecule has 1 N–H and O–H groups in total. The summed E-state index contributed by atoms with van der Waals surface area (Å²) in [6.07, 6.45) is 2.76. The molecule has 3 heterocycles. The lowest BCUT2D eigenvalue weighted by Crippen LogP contribution is -2.35. The summed E-state index contributed by atoms with van der Waals surface area (Å²) in [6, 6.07) is 6.37. The Labute approximate surface area is 196 Å². The first-order valence-electron chi connectivity index (χ1n) is 10.6. The van der Waals surface area contributed by atoms with Crippen LogP contribution in [-0.4, -0.2) is 55.9 Å². The standard InChI is InChI=1S/C22H26N4O5S2/c1-14-18-21(31-3)24-17(13-30-2)25-22(18)32-19(14)20(27)23-15-8-7-9-16(12-15)33(28,29)26-10-5-4-6-11-26/h7-9,12H,4-6,10-11,13H2,1-3H3,(H,23,27). The Morgan fingerprint density at radius 1 is 1.18 bits per heavy atom. The van der Waals surface area contributed by atoms with Gasteiger partial charge in [0, 0.05) is 25.9 Å². The molecule has 11 heteroatoms. The highest BCUT2D eigenvalue weighted by Crippen LogP contribution is 2.35. The quantitative estimate of drug-likeness (QED) is 0.539. The van der Waals surface area contributed by atoms with Crippen LogP contribution >= 0.6 is 11.3 Å². The molecule has 0 spiro atoms. The fraction of sp³-hybridized carbons (Fsp3) is 0.409. The monoisotopic (exact) mass is 490 g/mol. The number of nitrogens with one attached hydrogen (secondary N) is 1. The zero-order valence-electron chi connectivity index (χ0n) is 18.8. The van der Waals surface area contributed by atoms with Gasteiger partial charge in [-0.3, -0.25) is 4.79 Å². The van der Waals surface area contributed by atoms with Gasteiger partial charge in [-0.05, 0) is 43.5 Å². The average molecular weight is 491 g/mol. The first-order valence-corrected chi connectivity index (χ1v) is 12.9. The van der Waals surface area contributed by atoms with Gasteiger partial charge < -0.3 is 14.8 Å². The summed E-state index contributed by atoms with van der Waals surface area (Å²) in [5.74, 6) is 0.499. The summed E-state index contributed by atoms with van der Waals surface area (Å²) < 4.78 is 38.0. The van der Waals surface area contributed by atoms with Gasteiger partial charge in [0.25, 0.3) is 5.91 Å². The zero-order chi connectivity index (χ0) is 23.6. The Bertz CT molecular complexity index is 1280. The molecule has 1 amide bonds. The van der Waals surface area contributed by atoms with Crippen LogP contribution in [0.25, 0.3) is 10.2 Å². The fourth-order valence-electron chi connectivity index (χ4n) is 3.88. The van der Waals surface area contributed by atoms with E-state index in [1.165, 1.54) is 28.8 Å². The first kappa shape index (κ1) is 23.6. The summed E-state index contributed by atoms with van der Waals surface area (Å²) in [7, 11) is -0.524. The predicted octanol–water partition coefficient (Wildman–Crippen LogP) is 3.58. The number of rotatable bonds is 7. The number of carbonyl (C=O) groups excluding carboxylic acids is 1. The van der Waals surface area contributed by atoms with Crippen LogP contribution in [0.4, 0.5) is 5.69 Å². The minimum Gasteiger partial charge on any atom is -0.480 e. The van der Waals surface area contributed by atoms with Crippen LogP contribution < -0.4 is 10.1 Å². The van der Waals surface area contributed by atoms with E-state index in [2.05, 4.69) is 15.3 Å². The molecule has 0 radical (unpaired) electrons. The topological polar surface area (TPSA) is 111 Å². The van der Waals surface area contributed by atoms with Crippen molar-refractivity contribution in [3.8, 4) is 5.88 Å². The lowest BCUT2D eigenvalue weighted by molar-refractivity contribution is 0.103. The van der Waals surface area contributed by atoms with E-state index in [1.807, 2.05) is 6.92 Å². The van der Waals surface area contributed by atoms with E-state index in [1.54, 1.807) is 25.3 Å². The second kappa shape index (κ2) is 9.72. The molecule has 3 aromatic rings. The zero-order valence-corrected chi connectivity index (χ0v) is 20.4. The van der Waals surface area contributed by atoms with E-state index >= 15 is 0 Å². The first-order chi connectivity index (χ1) is 15.8. The third kappa shape index (κ3) is 4.72. The summed E-state index contributed by atoms with van der Waals surface area (Å²) in [5, 5.41) is 3.50. The maximum atomic E-state index is 13.1. The van der Waals surface area contributed by atoms with E-state index in [-0.39, 0.29) is 17.4 Å². The summed E-state index contributed by atoms with van der Waals surface area (Å²) in [4.78, 5) is 23.2. The molecule has 0 atom stereocenters. The van der Waals surface area contributed by atoms with Gasteiger partial charge in [0.1, 0.15) is 11.4 Å². The van der Waals surface area contributed by atoms with E-state index in [0.29, 0.717) is 51.1 Å². The summed E-state index contributed by atoms with van der Waals surface area (Å²) in [5.41, 5.74) is 1.11. The molecule has 2 aromatic heterocycles. The third-order valence-electron chi connectivity index (χ3n) is 5.52. The van der Waals surface area contributed by atoms with Crippen LogP contribution in [0.1, 0.15) is 40.3 Å². The highest BCUT2D eigenvalue weighted by Gasteiger charge is 2.26. The number of sulfonamides is 1. The molecular weight excluding hydrogens is 464 g/mol. The number of nitrogens with zero attached hydrogens (tertiary/aromatic N) is 3. The van der Waals surface area contributed by atoms with Gasteiger partial charge >= 0.3 is 0 Å². The Morgan fingerprint density at radius 2 is 1.94 bits per heavy atom. The lowest BCUT2D eigenvalue weighted by atomic mass is 10.2. The predicted molar refractivity (Wildman–Crippen MR) is 126 cm³/mol. The largest absolute Gasteiger partial charge is 0.480 e. The second-order valence-electron chi connectivity index (χ2n) is 7.77. The van der Waals surface area contributed by atoms with Crippen molar-refractivity contribution < 1.29 is 22.7 Å². The minimum atomic E-state index is -3.59. The maximum Gasteiger partial charge on any atom is 0.266 e. The number of hydrogen-bond donors (Lipinski definition) is 1. The van der Waals surface area contributed by atoms with Crippen molar-refractivity contribution in [1.82, 2.24) is 14.3 Å². The van der Waals surface area contributed by atoms with Gasteiger partial charge in [-0.15, -0.1) is 11.3 Å². The number of methoxy groups -OCH3 is 2. The molecule has 176 valence electrons. The normalized spacial score (nSPS) is 15.0. The number of benzene rings is 1. The number of hydrogen-bond acceptors (Lipinski definition) is 8. The van der Waals surface area contributed by atoms with Crippen molar-refractivity contribution in [3.05, 3.63) is 40.5 Å². The molecule has 1 fully saturated rings. The van der Waals surface area contributed by atoms with Crippen LogP contribution in [0.3, 0.4) is 0 Å². The van der Waals surface area contributed by atoms with Crippen LogP contribution in [0.15, 0.2) is 29.2 Å². The molecule has 4 rings (SSSR count). The van der Waals surface area contributed by atoms with Gasteiger partial charge in [-0.2, -0.15) is 9.29 Å². The maximum absolute atomic E-state index is 13.1. The number of fused-ring (bicyclic) bond motifs is 1. The smallest absolute Gasteiger partial charge is 0.266 e. The molecule has 9 nitrogen and oxygen atoms in total. The number of ether oxygens (including phenoxy) is 2. The van der Waals surface area contributed by atoms with Crippen molar-refractivity contribution >= 4 is 43.2 Å². The number of carbonyl (C=O) groups is 1. The molecule has 0 unspecified atom stereocenters. The molecule has 1 aromatic carbocycles. The summed E-state index contributed by atoms with van der Waals surface area (Å²) >= 11 is 1.23. The van der Waals surface area contributed by atoms with Gasteiger partial charge in [-0.1, -0.05) is 12.5 Å². The Hall–Kier alpha value is -2.60. The highest BCUT2D eigenvalue weighted by atomic mass is 32.2. The van der Waals surface area contributed by atoms with Crippen molar-refractivity contribution in [2.75, 3.05) is 32.6 Å². The van der Waals surface area contributed by atoms with Crippen molar-refractivity contribution in [2.45, 2.75) is 37.7 Å². The molecule has 0 bridgehead atoms. The van der Waals surface area contributed by atoms with E-state index in [0.717, 1.165) is 19.3 Å². The lowest BCUT2D eigenvalue weighted by Gasteiger charge is -2.26. The van der Waals surface area contributed by atoms with Gasteiger partial charge in [0.05, 0.1) is 22.3 Å². The van der Waals surface area contributed by atoms with Crippen LogP contribution in [0, 0.1) is 6.92 Å². The number of aryl methyl sites for hydroxylation is 1. The molecule has 33 heavy (non-hydrogen) atoms. The SMILES string of the molecule is COCc1nc(OC)c2c(C)c(C(=O)Nc3cccc(S(=O)(=O)N4CCCCC4)c3)sc2n1. The van der Waals surface area contributed by atoms with Gasteiger partial charge in [-0.25, -0.2) is 13.4 Å². The van der Waals surface area contributed by atoms with E-state index < -0.39 is 10.0 Å². The van der Waals surface area contributed by atoms with E-state index in [4.69, 9.17) is 9.47 Å². The highest BCUT2D eigenvalue weighted by molar-refractivity contribution is 7.89. The molecule has 1 saturated heterocycles. The molecule has 0 aliphatic carbocycles. The number of piperidine rings is 1. The average Bonchev–Trinajstić information content (AvgIpc) is 3.16. The molecule has 0 saturated carbocycles. The Balaban J connectivity index is 1.62. The van der Waals surface area contributed by atoms with E-state index in [9.17, 15) is 13.2 Å². The van der Waals surface area contributed by atoms with Crippen LogP contribution in [0.5, 0.6) is 5.88 Å². The van der Waals surface area contributed by atoms with Gasteiger partial charge in [0.15, 0.2) is 5.82 Å². The number of thiophene rings is 1. The van der Waals surface area contributed by atoms with Gasteiger partial charge in [0.2, 0.25) is 15.9 Å². The van der Waals surface area contributed by atoms with Crippen molar-refractivity contribution in [2.24, 2.45) is 0 Å². The molecule has 1 aliphatic rings. The second-order valence-corrected chi connectivity index (χ2v) is 10.7. The van der Waals surface area contributed by atoms with Crippen LogP contribution in [-0.2, 0) is 21.4 Å². The Morgan fingerprint density at radius 3 is 2.64 bits per heavy atom. The Kier molecular flexibility index (Phi) is 6.94. The minimum absolute atomic E-state index is 0.173. The number of anilines is 1. The number of amides is 1. The van der Waals surface area contributed by atoms with Crippen LogP contribution in [0.2, 0.25) is 0 Å². The van der Waals surface area contributed by atoms with Crippen molar-refractivity contribution in [1.29, 1.82) is 0 Å². The third-order valence-corrected chi connectivity index (χ3v) is 8.60. The molecule has 1 aliphatic heterocycles. The molecular formula is C22H26N4O5S2. The van der Waals surface area contributed by atoms with Crippen molar-refractivity contribution in [3.63, 3.8) is 0 Å². The summed E-state index contributed by atoms with van der Waals surface area (Å²) in [6.45, 7) is 3.08. The number of aromatic nitrogens is 2. The fourth-order valence-corrected chi connectivity index (χ4v) is 6.53.